The summed E-state index contributed by atoms with van der Waals surface area (Å²) in [5, 5.41) is 3.46. The van der Waals surface area contributed by atoms with Crippen LogP contribution in [0.3, 0.4) is 0 Å². The minimum Gasteiger partial charge on any atom is -0.380 e. The van der Waals surface area contributed by atoms with Crippen LogP contribution < -0.4 is 5.32 Å². The predicted octanol–water partition coefficient (Wildman–Crippen LogP) is 3.46. The van der Waals surface area contributed by atoms with Crippen LogP contribution in [-0.4, -0.2) is 64.1 Å². The largest absolute Gasteiger partial charge is 0.380 e. The van der Waals surface area contributed by atoms with E-state index in [0.29, 0.717) is 0 Å². The molecule has 0 atom stereocenters. The van der Waals surface area contributed by atoms with Crippen molar-refractivity contribution in [2.45, 2.75) is 64.7 Å². The van der Waals surface area contributed by atoms with Crippen LogP contribution in [-0.2, 0) is 9.47 Å². The zero-order valence-corrected chi connectivity index (χ0v) is 15.5. The fourth-order valence-corrected chi connectivity index (χ4v) is 2.95. The van der Waals surface area contributed by atoms with E-state index in [1.54, 1.807) is 0 Å². The molecule has 4 heteroatoms. The molecule has 0 radical (unpaired) electrons. The molecule has 4 nitrogen and oxygen atoms in total. The lowest BCUT2D eigenvalue weighted by molar-refractivity contribution is 0.0381. The summed E-state index contributed by atoms with van der Waals surface area (Å²) < 4.78 is 11.0. The van der Waals surface area contributed by atoms with Crippen LogP contribution in [0.4, 0.5) is 0 Å². The fourth-order valence-electron chi connectivity index (χ4n) is 2.95. The van der Waals surface area contributed by atoms with Gasteiger partial charge in [-0.3, -0.25) is 4.90 Å². The van der Waals surface area contributed by atoms with Gasteiger partial charge in [-0.1, -0.05) is 58.3 Å². The summed E-state index contributed by atoms with van der Waals surface area (Å²) >= 11 is 0. The quantitative estimate of drug-likeness (QED) is 0.440. The molecule has 1 saturated heterocycles. The number of nitrogens with zero attached hydrogens (tertiary/aromatic N) is 1. The summed E-state index contributed by atoms with van der Waals surface area (Å²) in [6.45, 7) is 11.2. The maximum absolute atomic E-state index is 5.69. The Labute approximate surface area is 144 Å². The molecule has 0 saturated carbocycles. The van der Waals surface area contributed by atoms with Gasteiger partial charge in [-0.25, -0.2) is 0 Å². The van der Waals surface area contributed by atoms with Crippen molar-refractivity contribution in [2.75, 3.05) is 59.2 Å². The van der Waals surface area contributed by atoms with Gasteiger partial charge in [0.2, 0.25) is 0 Å². The summed E-state index contributed by atoms with van der Waals surface area (Å²) in [7, 11) is 0. The molecule has 0 amide bonds. The molecule has 138 valence electrons. The van der Waals surface area contributed by atoms with Crippen molar-refractivity contribution < 1.29 is 9.47 Å². The smallest absolute Gasteiger partial charge is 0.0594 e. The average Bonchev–Trinajstić information content (AvgIpc) is 2.59. The van der Waals surface area contributed by atoms with Gasteiger partial charge < -0.3 is 14.8 Å². The third kappa shape index (κ3) is 13.9. The Bertz CT molecular complexity index is 233. The standard InChI is InChI=1S/C19H40N2O2/c1-2-3-4-5-6-7-8-9-10-16-22-17-12-20-11-13-21-14-18-23-19-15-21/h20H,2-19H2,1H3. The van der Waals surface area contributed by atoms with Crippen molar-refractivity contribution in [1.82, 2.24) is 10.2 Å². The first kappa shape index (κ1) is 20.9. The van der Waals surface area contributed by atoms with Gasteiger partial charge >= 0.3 is 0 Å². The Balaban J connectivity index is 1.67. The zero-order valence-electron chi connectivity index (χ0n) is 15.5. The van der Waals surface area contributed by atoms with Gasteiger partial charge in [-0.15, -0.1) is 0 Å². The summed E-state index contributed by atoms with van der Waals surface area (Å²) in [5.41, 5.74) is 0. The molecule has 0 bridgehead atoms. The van der Waals surface area contributed by atoms with Crippen molar-refractivity contribution in [2.24, 2.45) is 0 Å². The van der Waals surface area contributed by atoms with Gasteiger partial charge in [-0.05, 0) is 6.42 Å². The van der Waals surface area contributed by atoms with E-state index < -0.39 is 0 Å². The van der Waals surface area contributed by atoms with E-state index in [1.165, 1.54) is 57.8 Å². The minimum atomic E-state index is 0.847. The van der Waals surface area contributed by atoms with Crippen LogP contribution >= 0.6 is 0 Å². The summed E-state index contributed by atoms with van der Waals surface area (Å²) in [5.74, 6) is 0. The third-order valence-electron chi connectivity index (χ3n) is 4.52. The SMILES string of the molecule is CCCCCCCCCCCOCCNCCN1CCOCC1. The van der Waals surface area contributed by atoms with E-state index in [9.17, 15) is 0 Å². The molecule has 0 aromatic heterocycles. The molecule has 23 heavy (non-hydrogen) atoms. The van der Waals surface area contributed by atoms with Crippen LogP contribution in [0.25, 0.3) is 0 Å². The van der Waals surface area contributed by atoms with Crippen LogP contribution in [0.15, 0.2) is 0 Å². The highest BCUT2D eigenvalue weighted by molar-refractivity contribution is 4.62. The van der Waals surface area contributed by atoms with Gasteiger partial charge in [-0.2, -0.15) is 0 Å². The van der Waals surface area contributed by atoms with E-state index in [4.69, 9.17) is 9.47 Å². The third-order valence-corrected chi connectivity index (χ3v) is 4.52. The first-order valence-corrected chi connectivity index (χ1v) is 10.0. The maximum atomic E-state index is 5.69. The van der Waals surface area contributed by atoms with Crippen molar-refractivity contribution in [3.8, 4) is 0 Å². The molecular formula is C19H40N2O2. The fraction of sp³-hybridized carbons (Fsp3) is 1.00. The Morgan fingerprint density at radius 3 is 2.17 bits per heavy atom. The summed E-state index contributed by atoms with van der Waals surface area (Å²) in [6, 6.07) is 0. The van der Waals surface area contributed by atoms with Crippen LogP contribution in [0.2, 0.25) is 0 Å². The lowest BCUT2D eigenvalue weighted by atomic mass is 10.1. The molecule has 1 aliphatic rings. The number of ether oxygens (including phenoxy) is 2. The number of nitrogens with one attached hydrogen (secondary N) is 1. The molecule has 0 aromatic rings. The zero-order chi connectivity index (χ0) is 16.4. The molecule has 1 N–H and O–H groups in total. The van der Waals surface area contributed by atoms with Gasteiger partial charge in [0.15, 0.2) is 0 Å². The van der Waals surface area contributed by atoms with E-state index >= 15 is 0 Å². The average molecular weight is 329 g/mol. The molecule has 0 spiro atoms. The summed E-state index contributed by atoms with van der Waals surface area (Å²) in [6.07, 6.45) is 12.4. The Morgan fingerprint density at radius 2 is 1.48 bits per heavy atom. The summed E-state index contributed by atoms with van der Waals surface area (Å²) in [4.78, 5) is 2.46. The van der Waals surface area contributed by atoms with Gasteiger partial charge in [0, 0.05) is 39.3 Å². The van der Waals surface area contributed by atoms with Crippen molar-refractivity contribution in [3.63, 3.8) is 0 Å². The number of hydrogen-bond donors (Lipinski definition) is 1. The normalized spacial score (nSPS) is 16.0. The molecule has 1 fully saturated rings. The van der Waals surface area contributed by atoms with Gasteiger partial charge in [0.1, 0.15) is 0 Å². The van der Waals surface area contributed by atoms with E-state index in [1.807, 2.05) is 0 Å². The van der Waals surface area contributed by atoms with Gasteiger partial charge in [0.05, 0.1) is 19.8 Å². The topological polar surface area (TPSA) is 33.7 Å². The molecule has 1 heterocycles. The predicted molar refractivity (Wildman–Crippen MR) is 98.2 cm³/mol. The Hall–Kier alpha value is -0.160. The Kier molecular flexibility index (Phi) is 15.2. The number of unbranched alkanes of at least 4 members (excludes halogenated alkanes) is 8. The highest BCUT2D eigenvalue weighted by atomic mass is 16.5. The Morgan fingerprint density at radius 1 is 0.826 bits per heavy atom. The molecule has 0 aromatic carbocycles. The van der Waals surface area contributed by atoms with Crippen LogP contribution in [0, 0.1) is 0 Å². The highest BCUT2D eigenvalue weighted by Crippen LogP contribution is 2.09. The second-order valence-corrected chi connectivity index (χ2v) is 6.64. The molecule has 0 aliphatic carbocycles. The first-order valence-electron chi connectivity index (χ1n) is 10.0. The highest BCUT2D eigenvalue weighted by Gasteiger charge is 2.08. The minimum absolute atomic E-state index is 0.847. The maximum Gasteiger partial charge on any atom is 0.0594 e. The first-order chi connectivity index (χ1) is 11.4. The number of morpholine rings is 1. The molecule has 1 aliphatic heterocycles. The number of rotatable bonds is 16. The second-order valence-electron chi connectivity index (χ2n) is 6.64. The van der Waals surface area contributed by atoms with Crippen LogP contribution in [0.1, 0.15) is 64.7 Å². The van der Waals surface area contributed by atoms with Crippen LogP contribution in [0.5, 0.6) is 0 Å². The monoisotopic (exact) mass is 328 g/mol. The van der Waals surface area contributed by atoms with E-state index in [0.717, 1.165) is 59.2 Å². The van der Waals surface area contributed by atoms with Crippen molar-refractivity contribution in [3.05, 3.63) is 0 Å². The van der Waals surface area contributed by atoms with Crippen molar-refractivity contribution >= 4 is 0 Å². The molecule has 0 unspecified atom stereocenters. The van der Waals surface area contributed by atoms with Gasteiger partial charge in [0.25, 0.3) is 0 Å². The lowest BCUT2D eigenvalue weighted by Crippen LogP contribution is -2.40. The lowest BCUT2D eigenvalue weighted by Gasteiger charge is -2.26. The van der Waals surface area contributed by atoms with E-state index in [2.05, 4.69) is 17.1 Å². The molecular weight excluding hydrogens is 288 g/mol. The number of hydrogen-bond acceptors (Lipinski definition) is 4. The van der Waals surface area contributed by atoms with E-state index in [-0.39, 0.29) is 0 Å². The molecule has 1 rings (SSSR count). The van der Waals surface area contributed by atoms with Crippen molar-refractivity contribution in [1.29, 1.82) is 0 Å². The second kappa shape index (κ2) is 16.7.